The molecule has 1 aliphatic heterocycles. The third-order valence-corrected chi connectivity index (χ3v) is 11.4. The molecule has 1 saturated heterocycles. The molecule has 1 N–H and O–H groups in total. The van der Waals surface area contributed by atoms with E-state index in [1.165, 1.54) is 12.1 Å². The summed E-state index contributed by atoms with van der Waals surface area (Å²) < 4.78 is 40.1. The Labute approximate surface area is 313 Å². The number of nitrogens with one attached hydrogen (secondary N) is 1. The molecule has 1 aliphatic carbocycles. The summed E-state index contributed by atoms with van der Waals surface area (Å²) in [4.78, 5) is 48.2. The van der Waals surface area contributed by atoms with Gasteiger partial charge in [0.25, 0.3) is 12.3 Å². The number of halogens is 2. The maximum Gasteiger partial charge on any atom is 0.410 e. The first-order chi connectivity index (χ1) is 24.9. The van der Waals surface area contributed by atoms with E-state index < -0.39 is 24.0 Å². The SMILES string of the molecule is C[C@H](N(Cc1ccc2c(c1)nc(NC(=O)c1ccc(C(F)F)s1)n2C1CC2(CCN(C(=O)OC(C)(C)C)C2)C1)C(=O)OCc1ccccc1)C(C)(C)C. The van der Waals surface area contributed by atoms with Gasteiger partial charge in [0.2, 0.25) is 5.95 Å². The summed E-state index contributed by atoms with van der Waals surface area (Å²) in [7, 11) is 0. The van der Waals surface area contributed by atoms with Crippen molar-refractivity contribution >= 4 is 46.4 Å². The number of imidazole rings is 1. The molecule has 0 unspecified atom stereocenters. The lowest BCUT2D eigenvalue weighted by molar-refractivity contribution is 0.0199. The van der Waals surface area contributed by atoms with E-state index in [0.717, 1.165) is 47.2 Å². The van der Waals surface area contributed by atoms with Gasteiger partial charge in [-0.3, -0.25) is 10.1 Å². The van der Waals surface area contributed by atoms with Crippen LogP contribution < -0.4 is 5.32 Å². The monoisotopic (exact) mass is 749 g/mol. The number of hydrogen-bond donors (Lipinski definition) is 1. The summed E-state index contributed by atoms with van der Waals surface area (Å²) in [5, 5.41) is 2.91. The Morgan fingerprint density at radius 1 is 1.02 bits per heavy atom. The number of fused-ring (bicyclic) bond motifs is 1. The molecule has 0 radical (unpaired) electrons. The van der Waals surface area contributed by atoms with Crippen molar-refractivity contribution in [1.29, 1.82) is 0 Å². The predicted molar refractivity (Wildman–Crippen MR) is 201 cm³/mol. The van der Waals surface area contributed by atoms with Crippen molar-refractivity contribution in [2.75, 3.05) is 18.4 Å². The highest BCUT2D eigenvalue weighted by molar-refractivity contribution is 7.14. The molecule has 0 bridgehead atoms. The van der Waals surface area contributed by atoms with Crippen LogP contribution in [0.1, 0.15) is 106 Å². The van der Waals surface area contributed by atoms with E-state index in [-0.39, 0.29) is 51.9 Å². The van der Waals surface area contributed by atoms with Crippen LogP contribution in [0.15, 0.2) is 60.7 Å². The molecule has 2 aromatic heterocycles. The average Bonchev–Trinajstić information content (AvgIpc) is 3.82. The van der Waals surface area contributed by atoms with Crippen LogP contribution >= 0.6 is 11.3 Å². The van der Waals surface area contributed by atoms with Crippen LogP contribution in [0.5, 0.6) is 0 Å². The minimum absolute atomic E-state index is 0.0231. The Morgan fingerprint density at radius 2 is 1.74 bits per heavy atom. The molecule has 2 aromatic carbocycles. The molecule has 13 heteroatoms. The number of hydrogen-bond acceptors (Lipinski definition) is 7. The fourth-order valence-corrected chi connectivity index (χ4v) is 7.91. The number of rotatable bonds is 9. The lowest BCUT2D eigenvalue weighted by atomic mass is 9.65. The van der Waals surface area contributed by atoms with Crippen LogP contribution in [0.2, 0.25) is 0 Å². The fraction of sp³-hybridized carbons (Fsp3) is 0.500. The van der Waals surface area contributed by atoms with Gasteiger partial charge in [0.15, 0.2) is 0 Å². The Balaban J connectivity index is 1.27. The van der Waals surface area contributed by atoms with Crippen molar-refractivity contribution in [3.63, 3.8) is 0 Å². The van der Waals surface area contributed by atoms with Gasteiger partial charge in [0.05, 0.1) is 20.8 Å². The Hall–Kier alpha value is -4.52. The van der Waals surface area contributed by atoms with Gasteiger partial charge >= 0.3 is 12.2 Å². The normalized spacial score (nSPS) is 19.4. The van der Waals surface area contributed by atoms with Gasteiger partial charge in [-0.1, -0.05) is 57.2 Å². The van der Waals surface area contributed by atoms with Crippen LogP contribution in [-0.2, 0) is 22.6 Å². The number of carbonyl (C=O) groups is 3. The average molecular weight is 750 g/mol. The molecule has 2 fully saturated rings. The molecule has 53 heavy (non-hydrogen) atoms. The quantitative estimate of drug-likeness (QED) is 0.183. The van der Waals surface area contributed by atoms with Crippen LogP contribution in [0.3, 0.4) is 0 Å². The number of alkyl halides is 2. The topological polar surface area (TPSA) is 106 Å². The Kier molecular flexibility index (Phi) is 10.6. The zero-order valence-corrected chi connectivity index (χ0v) is 32.3. The van der Waals surface area contributed by atoms with Crippen molar-refractivity contribution < 1.29 is 32.6 Å². The zero-order valence-electron chi connectivity index (χ0n) is 31.4. The summed E-state index contributed by atoms with van der Waals surface area (Å²) in [6.45, 7) is 15.4. The fourth-order valence-electron chi connectivity index (χ4n) is 7.15. The van der Waals surface area contributed by atoms with E-state index in [4.69, 9.17) is 14.5 Å². The number of ether oxygens (including phenoxy) is 2. The molecule has 1 spiro atoms. The van der Waals surface area contributed by atoms with Gasteiger partial charge in [0.1, 0.15) is 12.2 Å². The minimum Gasteiger partial charge on any atom is -0.445 e. The first-order valence-corrected chi connectivity index (χ1v) is 18.9. The van der Waals surface area contributed by atoms with Gasteiger partial charge in [-0.25, -0.2) is 23.4 Å². The van der Waals surface area contributed by atoms with Crippen molar-refractivity contribution in [3.05, 3.63) is 81.5 Å². The highest BCUT2D eigenvalue weighted by Gasteiger charge is 2.51. The van der Waals surface area contributed by atoms with Crippen molar-refractivity contribution in [1.82, 2.24) is 19.4 Å². The molecule has 10 nitrogen and oxygen atoms in total. The van der Waals surface area contributed by atoms with E-state index in [9.17, 15) is 23.2 Å². The molecule has 3 heterocycles. The van der Waals surface area contributed by atoms with Gasteiger partial charge < -0.3 is 23.8 Å². The van der Waals surface area contributed by atoms with E-state index in [0.29, 0.717) is 24.6 Å². The lowest BCUT2D eigenvalue weighted by Gasteiger charge is -2.46. The number of nitrogens with zero attached hydrogens (tertiary/aromatic N) is 4. The van der Waals surface area contributed by atoms with Crippen molar-refractivity contribution in [3.8, 4) is 0 Å². The number of thiophene rings is 1. The molecule has 284 valence electrons. The summed E-state index contributed by atoms with van der Waals surface area (Å²) in [5.41, 5.74) is 2.25. The standard InChI is InChI=1S/C40H49F2N5O5S/c1-25(38(2,3)4)46(37(50)51-23-26-11-9-8-10-12-26)22-27-13-14-30-29(19-27)43-35(44-34(48)32-16-15-31(53-32)33(41)42)47(30)28-20-40(21-28)17-18-45(24-40)36(49)52-39(5,6)7/h8-16,19,25,28,33H,17-18,20-24H2,1-7H3,(H,43,44,48)/t25-,28?,40?/m0/s1. The number of aromatic nitrogens is 2. The number of likely N-dealkylation sites (tertiary alicyclic amines) is 1. The third kappa shape index (κ3) is 8.66. The molecular weight excluding hydrogens is 701 g/mol. The third-order valence-electron chi connectivity index (χ3n) is 10.4. The van der Waals surface area contributed by atoms with E-state index >= 15 is 0 Å². The molecule has 6 rings (SSSR count). The Bertz CT molecular complexity index is 1960. The lowest BCUT2D eigenvalue weighted by Crippen LogP contribution is -2.45. The van der Waals surface area contributed by atoms with E-state index in [1.54, 1.807) is 9.80 Å². The molecule has 3 amide bonds. The van der Waals surface area contributed by atoms with Crippen LogP contribution in [-0.4, -0.2) is 62.2 Å². The molecule has 4 aromatic rings. The number of amides is 3. The maximum absolute atomic E-state index is 13.6. The highest BCUT2D eigenvalue weighted by atomic mass is 32.1. The number of benzene rings is 2. The van der Waals surface area contributed by atoms with Crippen LogP contribution in [0, 0.1) is 10.8 Å². The Morgan fingerprint density at radius 3 is 2.38 bits per heavy atom. The molecule has 1 atom stereocenters. The first kappa shape index (κ1) is 38.2. The summed E-state index contributed by atoms with van der Waals surface area (Å²) in [5.74, 6) is -0.200. The van der Waals surface area contributed by atoms with Gasteiger partial charge in [0, 0.05) is 31.7 Å². The molecule has 2 aliphatic rings. The maximum atomic E-state index is 13.6. The van der Waals surface area contributed by atoms with Crippen molar-refractivity contribution in [2.45, 2.75) is 105 Å². The smallest absolute Gasteiger partial charge is 0.410 e. The number of anilines is 1. The summed E-state index contributed by atoms with van der Waals surface area (Å²) >= 11 is 0.752. The predicted octanol–water partition coefficient (Wildman–Crippen LogP) is 9.82. The summed E-state index contributed by atoms with van der Waals surface area (Å²) in [6, 6.07) is 17.8. The van der Waals surface area contributed by atoms with Gasteiger partial charge in [-0.2, -0.15) is 0 Å². The first-order valence-electron chi connectivity index (χ1n) is 18.1. The van der Waals surface area contributed by atoms with Crippen molar-refractivity contribution in [2.24, 2.45) is 10.8 Å². The number of carbonyl (C=O) groups excluding carboxylic acids is 3. The second-order valence-electron chi connectivity index (χ2n) is 16.5. The minimum atomic E-state index is -2.67. The van der Waals surface area contributed by atoms with Gasteiger partial charge in [-0.05, 0) is 93.2 Å². The van der Waals surface area contributed by atoms with E-state index in [2.05, 4.69) is 26.1 Å². The largest absolute Gasteiger partial charge is 0.445 e. The van der Waals surface area contributed by atoms with Gasteiger partial charge in [-0.15, -0.1) is 11.3 Å². The molecular formula is C40H49F2N5O5S. The highest BCUT2D eigenvalue weighted by Crippen LogP contribution is 2.55. The second kappa shape index (κ2) is 14.7. The van der Waals surface area contributed by atoms with Crippen LogP contribution in [0.4, 0.5) is 24.3 Å². The van der Waals surface area contributed by atoms with E-state index in [1.807, 2.05) is 80.8 Å². The van der Waals surface area contributed by atoms with Crippen LogP contribution in [0.25, 0.3) is 11.0 Å². The molecule has 1 saturated carbocycles. The second-order valence-corrected chi connectivity index (χ2v) is 17.6. The summed E-state index contributed by atoms with van der Waals surface area (Å²) in [6.07, 6.45) is -1.04. The zero-order chi connectivity index (χ0) is 38.3.